The van der Waals surface area contributed by atoms with Crippen LogP contribution in [0.2, 0.25) is 0 Å². The van der Waals surface area contributed by atoms with E-state index < -0.39 is 6.29 Å². The maximum atomic E-state index is 8.30. The summed E-state index contributed by atoms with van der Waals surface area (Å²) in [7, 11) is 0. The first-order valence-corrected chi connectivity index (χ1v) is 2.74. The van der Waals surface area contributed by atoms with Gasteiger partial charge in [-0.15, -0.1) is 0 Å². The molecule has 50 valence electrons. The first-order chi connectivity index (χ1) is 3.63. The van der Waals surface area contributed by atoms with Gasteiger partial charge in [-0.25, -0.2) is 0 Å². The highest BCUT2D eigenvalue weighted by Crippen LogP contribution is 1.95. The van der Waals surface area contributed by atoms with Gasteiger partial charge in [-0.1, -0.05) is 0 Å². The summed E-state index contributed by atoms with van der Waals surface area (Å²) in [4.78, 5) is 0. The van der Waals surface area contributed by atoms with E-state index in [2.05, 4.69) is 0 Å². The third-order valence-electron chi connectivity index (χ3n) is 0.880. The smallest absolute Gasteiger partial charge is 0.151 e. The van der Waals surface area contributed by atoms with E-state index in [0.717, 1.165) is 0 Å². The molecule has 0 saturated carbocycles. The molecule has 4 N–H and O–H groups in total. The van der Waals surface area contributed by atoms with Crippen molar-refractivity contribution in [2.75, 3.05) is 0 Å². The van der Waals surface area contributed by atoms with Crippen LogP contribution in [0.4, 0.5) is 0 Å². The van der Waals surface area contributed by atoms with Crippen molar-refractivity contribution in [1.82, 2.24) is 0 Å². The minimum absolute atomic E-state index is 0.0665. The van der Waals surface area contributed by atoms with E-state index in [1.54, 1.807) is 0 Å². The average molecular weight is 119 g/mol. The lowest BCUT2D eigenvalue weighted by molar-refractivity contribution is -0.0470. The van der Waals surface area contributed by atoms with Gasteiger partial charge in [-0.3, -0.25) is 0 Å². The fourth-order valence-corrected chi connectivity index (χ4v) is 0.412. The molecule has 8 heavy (non-hydrogen) atoms. The van der Waals surface area contributed by atoms with Crippen molar-refractivity contribution < 1.29 is 10.2 Å². The Hall–Kier alpha value is -0.120. The Balaban J connectivity index is 2.93. The van der Waals surface area contributed by atoms with Gasteiger partial charge in [0.1, 0.15) is 0 Å². The van der Waals surface area contributed by atoms with Gasteiger partial charge in [0.05, 0.1) is 0 Å². The van der Waals surface area contributed by atoms with Gasteiger partial charge in [0.2, 0.25) is 0 Å². The zero-order valence-electron chi connectivity index (χ0n) is 5.04. The topological polar surface area (TPSA) is 66.5 Å². The molecule has 0 aromatic heterocycles. The molecule has 0 radical (unpaired) electrons. The molecule has 0 aliphatic heterocycles. The maximum Gasteiger partial charge on any atom is 0.151 e. The van der Waals surface area contributed by atoms with Gasteiger partial charge >= 0.3 is 0 Å². The quantitative estimate of drug-likeness (QED) is 0.436. The summed E-state index contributed by atoms with van der Waals surface area (Å²) in [5, 5.41) is 16.6. The van der Waals surface area contributed by atoms with Crippen molar-refractivity contribution in [2.24, 2.45) is 5.73 Å². The van der Waals surface area contributed by atoms with Crippen molar-refractivity contribution in [2.45, 2.75) is 32.1 Å². The van der Waals surface area contributed by atoms with Crippen molar-refractivity contribution in [3.8, 4) is 0 Å². The summed E-state index contributed by atoms with van der Waals surface area (Å²) in [5.41, 5.74) is 5.32. The van der Waals surface area contributed by atoms with E-state index in [4.69, 9.17) is 15.9 Å². The molecule has 0 amide bonds. The van der Waals surface area contributed by atoms with Crippen molar-refractivity contribution in [3.63, 3.8) is 0 Å². The van der Waals surface area contributed by atoms with Crippen LogP contribution in [0.25, 0.3) is 0 Å². The van der Waals surface area contributed by atoms with Gasteiger partial charge in [0.25, 0.3) is 0 Å². The molecule has 0 fully saturated rings. The number of nitrogens with two attached hydrogens (primary N) is 1. The zero-order valence-corrected chi connectivity index (χ0v) is 5.04. The van der Waals surface area contributed by atoms with Crippen molar-refractivity contribution >= 4 is 0 Å². The van der Waals surface area contributed by atoms with E-state index in [1.165, 1.54) is 0 Å². The molecule has 0 aliphatic rings. The van der Waals surface area contributed by atoms with E-state index in [1.807, 2.05) is 6.92 Å². The van der Waals surface area contributed by atoms with E-state index in [-0.39, 0.29) is 6.04 Å². The predicted molar refractivity (Wildman–Crippen MR) is 31.1 cm³/mol. The summed E-state index contributed by atoms with van der Waals surface area (Å²) in [5.74, 6) is 0. The fourth-order valence-electron chi connectivity index (χ4n) is 0.412. The molecular weight excluding hydrogens is 106 g/mol. The van der Waals surface area contributed by atoms with Crippen LogP contribution in [-0.4, -0.2) is 22.5 Å². The SMILES string of the molecule is C[C@@H](N)CCC(O)O. The third-order valence-corrected chi connectivity index (χ3v) is 0.880. The molecule has 0 heterocycles. The lowest BCUT2D eigenvalue weighted by Gasteiger charge is -2.04. The van der Waals surface area contributed by atoms with E-state index >= 15 is 0 Å². The monoisotopic (exact) mass is 119 g/mol. The number of rotatable bonds is 3. The van der Waals surface area contributed by atoms with Crippen LogP contribution in [0.15, 0.2) is 0 Å². The second kappa shape index (κ2) is 3.83. The average Bonchev–Trinajstić information content (AvgIpc) is 1.61. The second-order valence-corrected chi connectivity index (χ2v) is 2.04. The summed E-state index contributed by atoms with van der Waals surface area (Å²) in [6, 6.07) is 0.0665. The van der Waals surface area contributed by atoms with Crippen LogP contribution in [0.3, 0.4) is 0 Å². The normalized spacial score (nSPS) is 14.6. The van der Waals surface area contributed by atoms with Crippen molar-refractivity contribution in [1.29, 1.82) is 0 Å². The van der Waals surface area contributed by atoms with E-state index in [9.17, 15) is 0 Å². The molecule has 0 bridgehead atoms. The largest absolute Gasteiger partial charge is 0.368 e. The maximum absolute atomic E-state index is 8.30. The van der Waals surface area contributed by atoms with Gasteiger partial charge in [0.15, 0.2) is 6.29 Å². The Kier molecular flexibility index (Phi) is 3.77. The molecule has 0 saturated heterocycles. The number of hydrogen-bond acceptors (Lipinski definition) is 3. The summed E-state index contributed by atoms with van der Waals surface area (Å²) in [6.45, 7) is 1.84. The molecule has 0 aliphatic carbocycles. The molecule has 0 rings (SSSR count). The molecule has 0 aromatic rings. The first-order valence-electron chi connectivity index (χ1n) is 2.74. The molecule has 3 nitrogen and oxygen atoms in total. The molecule has 0 unspecified atom stereocenters. The highest BCUT2D eigenvalue weighted by atomic mass is 16.5. The predicted octanol–water partition coefficient (Wildman–Crippen LogP) is -0.576. The minimum Gasteiger partial charge on any atom is -0.368 e. The van der Waals surface area contributed by atoms with Crippen LogP contribution >= 0.6 is 0 Å². The van der Waals surface area contributed by atoms with Crippen LogP contribution in [-0.2, 0) is 0 Å². The van der Waals surface area contributed by atoms with Gasteiger partial charge < -0.3 is 15.9 Å². The minimum atomic E-state index is -1.19. The Labute approximate surface area is 49.1 Å². The number of aliphatic hydroxyl groups excluding tert-OH is 1. The summed E-state index contributed by atoms with van der Waals surface area (Å²) < 4.78 is 0. The van der Waals surface area contributed by atoms with Crippen LogP contribution in [0.1, 0.15) is 19.8 Å². The Morgan fingerprint density at radius 2 is 1.88 bits per heavy atom. The van der Waals surface area contributed by atoms with Crippen LogP contribution < -0.4 is 5.73 Å². The Morgan fingerprint density at radius 3 is 2.00 bits per heavy atom. The lowest BCUT2D eigenvalue weighted by atomic mass is 10.2. The molecule has 0 spiro atoms. The van der Waals surface area contributed by atoms with E-state index in [0.29, 0.717) is 12.8 Å². The van der Waals surface area contributed by atoms with Crippen LogP contribution in [0, 0.1) is 0 Å². The third kappa shape index (κ3) is 5.88. The highest BCUT2D eigenvalue weighted by molar-refractivity contribution is 4.52. The van der Waals surface area contributed by atoms with Crippen molar-refractivity contribution in [3.05, 3.63) is 0 Å². The summed E-state index contributed by atoms with van der Waals surface area (Å²) >= 11 is 0. The standard InChI is InChI=1S/C5H13NO2/c1-4(6)2-3-5(7)8/h4-5,7-8H,2-3,6H2,1H3/t4-/m1/s1. The Bertz CT molecular complexity index is 46.4. The Morgan fingerprint density at radius 1 is 1.38 bits per heavy atom. The second-order valence-electron chi connectivity index (χ2n) is 2.04. The number of aliphatic hydroxyl groups is 2. The van der Waals surface area contributed by atoms with Gasteiger partial charge in [0, 0.05) is 6.04 Å². The van der Waals surface area contributed by atoms with Crippen LogP contribution in [0.5, 0.6) is 0 Å². The fraction of sp³-hybridized carbons (Fsp3) is 1.00. The molecular formula is C5H13NO2. The highest BCUT2D eigenvalue weighted by Gasteiger charge is 1.98. The number of hydrogen-bond donors (Lipinski definition) is 3. The van der Waals surface area contributed by atoms with Gasteiger partial charge in [-0.05, 0) is 19.8 Å². The molecule has 3 heteroatoms. The van der Waals surface area contributed by atoms with Gasteiger partial charge in [-0.2, -0.15) is 0 Å². The first kappa shape index (κ1) is 7.88. The lowest BCUT2D eigenvalue weighted by Crippen LogP contribution is -2.17. The molecule has 0 aromatic carbocycles. The zero-order chi connectivity index (χ0) is 6.57. The molecule has 1 atom stereocenters. The summed E-state index contributed by atoms with van der Waals surface area (Å²) in [6.07, 6.45) is -0.156.